The number of aromatic nitrogens is 2. The van der Waals surface area contributed by atoms with Crippen molar-refractivity contribution in [3.05, 3.63) is 11.4 Å². The Labute approximate surface area is 123 Å². The quantitative estimate of drug-likeness (QED) is 0.797. The second-order valence-corrected chi connectivity index (χ2v) is 7.25. The Morgan fingerprint density at radius 3 is 2.05 bits per heavy atom. The van der Waals surface area contributed by atoms with Crippen LogP contribution in [-0.2, 0) is 15.9 Å². The van der Waals surface area contributed by atoms with Crippen LogP contribution in [0.1, 0.15) is 52.9 Å². The molecule has 1 aromatic heterocycles. The Bertz CT molecular complexity index is 490. The van der Waals surface area contributed by atoms with Crippen molar-refractivity contribution in [2.24, 2.45) is 5.92 Å². The van der Waals surface area contributed by atoms with Crippen LogP contribution in [0.3, 0.4) is 0 Å². The smallest absolute Gasteiger partial charge is 0.399 e. The van der Waals surface area contributed by atoms with Crippen LogP contribution in [0.2, 0.25) is 0 Å². The fraction of sp³-hybridized carbons (Fsp3) is 0.800. The summed E-state index contributed by atoms with van der Waals surface area (Å²) < 4.78 is 14.4. The van der Waals surface area contributed by atoms with Crippen molar-refractivity contribution >= 4 is 12.6 Å². The maximum absolute atomic E-state index is 6.15. The summed E-state index contributed by atoms with van der Waals surface area (Å²) >= 11 is 0. The van der Waals surface area contributed by atoms with Gasteiger partial charge in [-0.1, -0.05) is 13.8 Å². The lowest BCUT2D eigenvalue weighted by molar-refractivity contribution is 0.00578. The molecule has 2 rings (SSSR count). The van der Waals surface area contributed by atoms with Gasteiger partial charge in [0.05, 0.1) is 16.9 Å². The van der Waals surface area contributed by atoms with Gasteiger partial charge < -0.3 is 9.31 Å². The highest BCUT2D eigenvalue weighted by molar-refractivity contribution is 6.63. The molecule has 0 radical (unpaired) electrons. The maximum Gasteiger partial charge on any atom is 0.498 e. The molecule has 1 aromatic rings. The summed E-state index contributed by atoms with van der Waals surface area (Å²) in [5, 5.41) is 4.65. The molecule has 1 aliphatic rings. The lowest BCUT2D eigenvalue weighted by Crippen LogP contribution is -2.41. The summed E-state index contributed by atoms with van der Waals surface area (Å²) in [6, 6.07) is 0. The van der Waals surface area contributed by atoms with Crippen molar-refractivity contribution < 1.29 is 9.31 Å². The maximum atomic E-state index is 6.15. The Morgan fingerprint density at radius 2 is 1.60 bits per heavy atom. The highest BCUT2D eigenvalue weighted by atomic mass is 16.7. The van der Waals surface area contributed by atoms with Crippen LogP contribution in [0.25, 0.3) is 0 Å². The van der Waals surface area contributed by atoms with Crippen molar-refractivity contribution in [2.45, 2.75) is 73.1 Å². The molecule has 112 valence electrons. The van der Waals surface area contributed by atoms with Gasteiger partial charge in [0.1, 0.15) is 0 Å². The van der Waals surface area contributed by atoms with Gasteiger partial charge in [-0.3, -0.25) is 4.68 Å². The zero-order valence-electron chi connectivity index (χ0n) is 14.1. The monoisotopic (exact) mass is 278 g/mol. The van der Waals surface area contributed by atoms with Crippen LogP contribution in [-0.4, -0.2) is 28.1 Å². The Morgan fingerprint density at radius 1 is 1.10 bits per heavy atom. The van der Waals surface area contributed by atoms with Crippen LogP contribution < -0.4 is 5.46 Å². The minimum atomic E-state index is -0.319. The van der Waals surface area contributed by atoms with Crippen LogP contribution in [0.15, 0.2) is 0 Å². The van der Waals surface area contributed by atoms with Crippen molar-refractivity contribution in [1.82, 2.24) is 9.78 Å². The third-order valence-electron chi connectivity index (χ3n) is 4.46. The first-order chi connectivity index (χ1) is 9.05. The first kappa shape index (κ1) is 15.6. The number of hydrogen-bond donors (Lipinski definition) is 0. The first-order valence-corrected chi connectivity index (χ1v) is 7.44. The molecular formula is C15H27BN2O2. The first-order valence-electron chi connectivity index (χ1n) is 7.44. The van der Waals surface area contributed by atoms with Gasteiger partial charge in [-0.15, -0.1) is 0 Å². The summed E-state index contributed by atoms with van der Waals surface area (Å²) in [4.78, 5) is 0. The molecule has 0 unspecified atom stereocenters. The van der Waals surface area contributed by atoms with E-state index in [1.165, 1.54) is 0 Å². The van der Waals surface area contributed by atoms with E-state index in [1.54, 1.807) is 0 Å². The molecule has 0 N–H and O–H groups in total. The third-order valence-corrected chi connectivity index (χ3v) is 4.46. The van der Waals surface area contributed by atoms with Gasteiger partial charge in [0, 0.05) is 17.7 Å². The number of rotatable bonds is 3. The van der Waals surface area contributed by atoms with E-state index in [2.05, 4.69) is 58.2 Å². The van der Waals surface area contributed by atoms with E-state index in [9.17, 15) is 0 Å². The summed E-state index contributed by atoms with van der Waals surface area (Å²) in [6.07, 6.45) is 0. The highest BCUT2D eigenvalue weighted by Gasteiger charge is 2.53. The zero-order valence-corrected chi connectivity index (χ0v) is 14.1. The van der Waals surface area contributed by atoms with E-state index in [-0.39, 0.29) is 18.3 Å². The van der Waals surface area contributed by atoms with Gasteiger partial charge in [0.15, 0.2) is 0 Å². The van der Waals surface area contributed by atoms with Gasteiger partial charge in [-0.2, -0.15) is 5.10 Å². The SMILES string of the molecule is Cc1nn(CC(C)C)c(C)c1B1OC(C)(C)C(C)(C)O1. The van der Waals surface area contributed by atoms with Gasteiger partial charge >= 0.3 is 7.12 Å². The largest absolute Gasteiger partial charge is 0.498 e. The minimum absolute atomic E-state index is 0.309. The zero-order chi connectivity index (χ0) is 15.3. The molecular weight excluding hydrogens is 251 g/mol. The highest BCUT2D eigenvalue weighted by Crippen LogP contribution is 2.36. The van der Waals surface area contributed by atoms with Gasteiger partial charge in [-0.05, 0) is 47.5 Å². The average Bonchev–Trinajstić information content (AvgIpc) is 2.61. The van der Waals surface area contributed by atoms with E-state index in [0.29, 0.717) is 5.92 Å². The summed E-state index contributed by atoms with van der Waals surface area (Å²) in [7, 11) is -0.319. The molecule has 0 saturated carbocycles. The van der Waals surface area contributed by atoms with Crippen molar-refractivity contribution in [3.8, 4) is 0 Å². The third kappa shape index (κ3) is 2.53. The second kappa shape index (κ2) is 4.88. The van der Waals surface area contributed by atoms with Crippen molar-refractivity contribution in [3.63, 3.8) is 0 Å². The Balaban J connectivity index is 2.33. The van der Waals surface area contributed by atoms with Crippen LogP contribution in [0.4, 0.5) is 0 Å². The minimum Gasteiger partial charge on any atom is -0.399 e. The molecule has 1 saturated heterocycles. The standard InChI is InChI=1S/C15H27BN2O2/c1-10(2)9-18-12(4)13(11(3)17-18)16-19-14(5,6)15(7,8)20-16/h10H,9H2,1-8H3. The lowest BCUT2D eigenvalue weighted by atomic mass is 9.77. The molecule has 1 aliphatic heterocycles. The van der Waals surface area contributed by atoms with Gasteiger partial charge in [-0.25, -0.2) is 0 Å². The topological polar surface area (TPSA) is 36.3 Å². The average molecular weight is 278 g/mol. The fourth-order valence-corrected chi connectivity index (χ4v) is 2.54. The normalized spacial score (nSPS) is 20.9. The molecule has 0 bridgehead atoms. The predicted molar refractivity (Wildman–Crippen MR) is 82.3 cm³/mol. The second-order valence-electron chi connectivity index (χ2n) is 7.25. The molecule has 2 heterocycles. The molecule has 20 heavy (non-hydrogen) atoms. The van der Waals surface area contributed by atoms with Gasteiger partial charge in [0.2, 0.25) is 0 Å². The molecule has 0 atom stereocenters. The lowest BCUT2D eigenvalue weighted by Gasteiger charge is -2.32. The Hall–Kier alpha value is -0.805. The number of aryl methyl sites for hydroxylation is 1. The summed E-state index contributed by atoms with van der Waals surface area (Å²) in [5.41, 5.74) is 2.62. The number of nitrogens with zero attached hydrogens (tertiary/aromatic N) is 2. The van der Waals surface area contributed by atoms with Crippen molar-refractivity contribution in [2.75, 3.05) is 0 Å². The van der Waals surface area contributed by atoms with Crippen LogP contribution >= 0.6 is 0 Å². The Kier molecular flexibility index (Phi) is 3.80. The molecule has 0 amide bonds. The van der Waals surface area contributed by atoms with E-state index in [1.807, 2.05) is 6.92 Å². The van der Waals surface area contributed by atoms with E-state index in [0.717, 1.165) is 23.4 Å². The van der Waals surface area contributed by atoms with E-state index >= 15 is 0 Å². The predicted octanol–water partition coefficient (Wildman–Crippen LogP) is 2.46. The van der Waals surface area contributed by atoms with Crippen LogP contribution in [0.5, 0.6) is 0 Å². The summed E-state index contributed by atoms with van der Waals surface area (Å²) in [6.45, 7) is 17.8. The molecule has 1 fully saturated rings. The molecule has 0 aromatic carbocycles. The van der Waals surface area contributed by atoms with E-state index in [4.69, 9.17) is 9.31 Å². The molecule has 0 spiro atoms. The molecule has 4 nitrogen and oxygen atoms in total. The van der Waals surface area contributed by atoms with E-state index < -0.39 is 0 Å². The molecule has 5 heteroatoms. The summed E-state index contributed by atoms with van der Waals surface area (Å²) in [5.74, 6) is 0.569. The van der Waals surface area contributed by atoms with Crippen molar-refractivity contribution in [1.29, 1.82) is 0 Å². The number of hydrogen-bond acceptors (Lipinski definition) is 3. The van der Waals surface area contributed by atoms with Gasteiger partial charge in [0.25, 0.3) is 0 Å². The fourth-order valence-electron chi connectivity index (χ4n) is 2.54. The molecule has 0 aliphatic carbocycles. The van der Waals surface area contributed by atoms with Crippen LogP contribution in [0, 0.1) is 19.8 Å².